The summed E-state index contributed by atoms with van der Waals surface area (Å²) >= 11 is 0. The Labute approximate surface area is 233 Å². The van der Waals surface area contributed by atoms with Crippen LogP contribution < -0.4 is 10.1 Å². The minimum atomic E-state index is -2.03. The molecule has 1 aliphatic heterocycles. The predicted octanol–water partition coefficient (Wildman–Crippen LogP) is 5.45. The molecule has 1 N–H and O–H groups in total. The highest BCUT2D eigenvalue weighted by atomic mass is 28.4. The van der Waals surface area contributed by atoms with E-state index in [1.54, 1.807) is 12.4 Å². The molecular formula is C28H37BN7O2Si. The Balaban J connectivity index is 1.75. The maximum Gasteiger partial charge on any atom is 0.329 e. The van der Waals surface area contributed by atoms with Gasteiger partial charge < -0.3 is 19.3 Å². The van der Waals surface area contributed by atoms with Crippen molar-refractivity contribution in [3.8, 4) is 17.3 Å². The van der Waals surface area contributed by atoms with Gasteiger partial charge in [-0.05, 0) is 55.7 Å². The molecule has 3 aromatic rings. The fraction of sp³-hybridized carbons (Fsp3) is 0.464. The quantitative estimate of drug-likeness (QED) is 0.281. The van der Waals surface area contributed by atoms with Crippen LogP contribution in [0.3, 0.4) is 0 Å². The molecule has 0 amide bonds. The third kappa shape index (κ3) is 5.63. The first-order valence-electron chi connectivity index (χ1n) is 13.2. The van der Waals surface area contributed by atoms with Crippen molar-refractivity contribution < 1.29 is 9.22 Å². The summed E-state index contributed by atoms with van der Waals surface area (Å²) in [7, 11) is -0.530. The highest BCUT2D eigenvalue weighted by Gasteiger charge is 2.44. The van der Waals surface area contributed by atoms with Gasteiger partial charge in [-0.15, -0.1) is 0 Å². The normalized spacial score (nSPS) is 17.2. The number of nitrogens with zero attached hydrogens (tertiary/aromatic N) is 6. The van der Waals surface area contributed by atoms with Crippen molar-refractivity contribution in [1.82, 2.24) is 19.7 Å². The molecular weight excluding hydrogens is 505 g/mol. The first-order chi connectivity index (χ1) is 18.3. The van der Waals surface area contributed by atoms with Crippen molar-refractivity contribution in [2.45, 2.75) is 71.1 Å². The van der Waals surface area contributed by atoms with Crippen LogP contribution in [-0.4, -0.2) is 54.8 Å². The van der Waals surface area contributed by atoms with E-state index in [1.807, 2.05) is 27.7 Å². The Hall–Kier alpha value is -3.49. The molecule has 0 aliphatic carbocycles. The molecule has 0 bridgehead atoms. The van der Waals surface area contributed by atoms with Crippen LogP contribution in [0.25, 0.3) is 11.3 Å². The number of hydrogen-bond acceptors (Lipinski definition) is 8. The molecule has 1 aromatic carbocycles. The number of nitrogens with one attached hydrogen (secondary N) is 1. The van der Waals surface area contributed by atoms with Gasteiger partial charge in [-0.25, -0.2) is 14.6 Å². The summed E-state index contributed by atoms with van der Waals surface area (Å²) in [6.07, 6.45) is 4.20. The van der Waals surface area contributed by atoms with Crippen molar-refractivity contribution in [3.63, 3.8) is 0 Å². The number of rotatable bonds is 9. The third-order valence-corrected chi connectivity index (χ3v) is 12.3. The zero-order valence-electron chi connectivity index (χ0n) is 24.1. The molecule has 1 unspecified atom stereocenters. The Bertz CT molecular complexity index is 1410. The van der Waals surface area contributed by atoms with Crippen LogP contribution in [-0.2, 0) is 14.6 Å². The Morgan fingerprint density at radius 1 is 1.28 bits per heavy atom. The average molecular weight is 543 g/mol. The maximum absolute atomic E-state index is 11.5. The zero-order chi connectivity index (χ0) is 28.6. The second-order valence-electron chi connectivity index (χ2n) is 12.2. The molecule has 11 heteroatoms. The van der Waals surface area contributed by atoms with E-state index in [1.165, 1.54) is 7.41 Å². The van der Waals surface area contributed by atoms with Gasteiger partial charge in [-0.1, -0.05) is 27.7 Å². The summed E-state index contributed by atoms with van der Waals surface area (Å²) in [6.45, 7) is 18.4. The summed E-state index contributed by atoms with van der Waals surface area (Å²) < 4.78 is 8.54. The molecule has 203 valence electrons. The highest BCUT2D eigenvalue weighted by molar-refractivity contribution is 6.74. The number of fused-ring (bicyclic) bond motifs is 1. The third-order valence-electron chi connectivity index (χ3n) is 7.84. The summed E-state index contributed by atoms with van der Waals surface area (Å²) in [5, 5.41) is 17.8. The van der Waals surface area contributed by atoms with Crippen molar-refractivity contribution in [2.75, 3.05) is 23.3 Å². The van der Waals surface area contributed by atoms with Crippen LogP contribution in [0.5, 0.6) is 0 Å². The zero-order valence-corrected chi connectivity index (χ0v) is 25.1. The van der Waals surface area contributed by atoms with Crippen LogP contribution in [0.2, 0.25) is 18.1 Å². The molecule has 2 aromatic heterocycles. The average Bonchev–Trinajstić information content (AvgIpc) is 3.45. The number of benzene rings is 1. The lowest BCUT2D eigenvalue weighted by molar-refractivity contribution is 0.219. The molecule has 0 saturated heterocycles. The van der Waals surface area contributed by atoms with E-state index in [4.69, 9.17) is 9.41 Å². The number of anilines is 3. The molecule has 39 heavy (non-hydrogen) atoms. The fourth-order valence-electron chi connectivity index (χ4n) is 4.58. The van der Waals surface area contributed by atoms with Gasteiger partial charge in [0.2, 0.25) is 5.95 Å². The van der Waals surface area contributed by atoms with Crippen LogP contribution >= 0.6 is 0 Å². The van der Waals surface area contributed by atoms with Gasteiger partial charge in [0, 0.05) is 48.1 Å². The largest absolute Gasteiger partial charge is 0.416 e. The topological polar surface area (TPSA) is 109 Å². The molecule has 0 spiro atoms. The lowest BCUT2D eigenvalue weighted by Crippen LogP contribution is -2.46. The molecule has 1 aliphatic rings. The number of nitriles is 1. The lowest BCUT2D eigenvalue weighted by Gasteiger charge is -2.39. The van der Waals surface area contributed by atoms with Gasteiger partial charge in [0.15, 0.2) is 8.32 Å². The molecule has 3 heterocycles. The van der Waals surface area contributed by atoms with E-state index in [0.29, 0.717) is 30.4 Å². The Morgan fingerprint density at radius 2 is 2.03 bits per heavy atom. The second-order valence-corrected chi connectivity index (χ2v) is 17.0. The van der Waals surface area contributed by atoms with Crippen molar-refractivity contribution in [1.29, 1.82) is 5.26 Å². The first kappa shape index (κ1) is 28.5. The van der Waals surface area contributed by atoms with Crippen molar-refractivity contribution in [3.05, 3.63) is 47.8 Å². The number of aromatic nitrogens is 4. The van der Waals surface area contributed by atoms with Gasteiger partial charge in [0.05, 0.1) is 17.5 Å². The molecule has 0 fully saturated rings. The minimum Gasteiger partial charge on any atom is -0.416 e. The summed E-state index contributed by atoms with van der Waals surface area (Å²) in [5.74, 6) is 1.23. The van der Waals surface area contributed by atoms with Gasteiger partial charge in [0.1, 0.15) is 18.1 Å². The summed E-state index contributed by atoms with van der Waals surface area (Å²) in [4.78, 5) is 22.6. The van der Waals surface area contributed by atoms with Crippen LogP contribution in [0, 0.1) is 11.3 Å². The van der Waals surface area contributed by atoms with E-state index in [2.05, 4.69) is 82.2 Å². The van der Waals surface area contributed by atoms with E-state index in [-0.39, 0.29) is 11.1 Å². The van der Waals surface area contributed by atoms with E-state index in [0.717, 1.165) is 28.8 Å². The number of carbonyl (C=O) groups excluding carboxylic acids is 1. The molecule has 1 radical (unpaired) electrons. The van der Waals surface area contributed by atoms with Crippen molar-refractivity contribution >= 4 is 39.4 Å². The standard InChI is InChI=1S/C28H37BN7O2Si/c1-19(2)36-24(10-12-32-36)34-26-31-11-9-23(33-26)20-13-21(15-30)25-22(14-20)28(6,16-35(25)29-18-37)17-38-39(7,8)27(3,4)5/h9-14,18-19H,16-17H2,1-8H3,(H,31,33,34). The van der Waals surface area contributed by atoms with Crippen molar-refractivity contribution in [2.24, 2.45) is 0 Å². The van der Waals surface area contributed by atoms with Gasteiger partial charge in [-0.3, -0.25) is 0 Å². The predicted molar refractivity (Wildman–Crippen MR) is 158 cm³/mol. The van der Waals surface area contributed by atoms with Crippen LogP contribution in [0.15, 0.2) is 36.7 Å². The van der Waals surface area contributed by atoms with Crippen LogP contribution in [0.4, 0.5) is 17.5 Å². The number of hydrogen-bond donors (Lipinski definition) is 1. The summed E-state index contributed by atoms with van der Waals surface area (Å²) in [5.41, 5.74) is 3.28. The molecule has 0 saturated carbocycles. The monoisotopic (exact) mass is 542 g/mol. The second kappa shape index (κ2) is 10.6. The maximum atomic E-state index is 11.5. The van der Waals surface area contributed by atoms with Gasteiger partial charge in [-0.2, -0.15) is 10.4 Å². The van der Waals surface area contributed by atoms with E-state index < -0.39 is 13.7 Å². The number of carbonyl (C=O) groups is 1. The SMILES string of the molecule is CC(C)n1nccc1Nc1nccc(-c2cc(C#N)c3c(c2)C(C)(CO[Si](C)(C)C(C)(C)C)CN3[B]C=O)n1. The molecule has 9 nitrogen and oxygen atoms in total. The van der Waals surface area contributed by atoms with Gasteiger partial charge >= 0.3 is 7.41 Å². The smallest absolute Gasteiger partial charge is 0.329 e. The Morgan fingerprint density at radius 3 is 2.67 bits per heavy atom. The molecule has 1 atom stereocenters. The fourth-order valence-corrected chi connectivity index (χ4v) is 5.69. The van der Waals surface area contributed by atoms with E-state index >= 15 is 0 Å². The van der Waals surface area contributed by atoms with Gasteiger partial charge in [0.25, 0.3) is 0 Å². The first-order valence-corrected chi connectivity index (χ1v) is 16.1. The molecule has 4 rings (SSSR count). The lowest BCUT2D eigenvalue weighted by atomic mass is 9.83. The summed E-state index contributed by atoms with van der Waals surface area (Å²) in [6, 6.07) is 10.2. The minimum absolute atomic E-state index is 0.0639. The van der Waals surface area contributed by atoms with E-state index in [9.17, 15) is 10.1 Å². The highest BCUT2D eigenvalue weighted by Crippen LogP contribution is 2.46. The Kier molecular flexibility index (Phi) is 7.74. The van der Waals surface area contributed by atoms with Crippen LogP contribution in [0.1, 0.15) is 58.7 Å².